The van der Waals surface area contributed by atoms with Gasteiger partial charge in [-0.15, -0.1) is 0 Å². The van der Waals surface area contributed by atoms with Gasteiger partial charge in [-0.1, -0.05) is 23.7 Å². The second kappa shape index (κ2) is 7.33. The number of halogens is 2. The van der Waals surface area contributed by atoms with Crippen LogP contribution in [0.3, 0.4) is 0 Å². The summed E-state index contributed by atoms with van der Waals surface area (Å²) in [6, 6.07) is 12.3. The molecule has 0 radical (unpaired) electrons. The molecule has 0 heterocycles. The molecule has 0 fully saturated rings. The topological polar surface area (TPSA) is 47.6 Å². The van der Waals surface area contributed by atoms with Gasteiger partial charge < -0.3 is 14.8 Å². The van der Waals surface area contributed by atoms with Crippen LogP contribution in [0.25, 0.3) is 0 Å². The summed E-state index contributed by atoms with van der Waals surface area (Å²) < 4.78 is 11.3. The number of ether oxygens (including phenoxy) is 2. The first kappa shape index (κ1) is 15.7. The number of methoxy groups -OCH3 is 1. The zero-order chi connectivity index (χ0) is 15.2. The van der Waals surface area contributed by atoms with Crippen molar-refractivity contribution in [2.24, 2.45) is 0 Å². The van der Waals surface area contributed by atoms with Crippen LogP contribution in [0.4, 0.5) is 5.69 Å². The minimum atomic E-state index is -0.286. The molecule has 2 aromatic rings. The maximum absolute atomic E-state index is 11.8. The van der Waals surface area contributed by atoms with Crippen molar-refractivity contribution in [1.82, 2.24) is 0 Å². The Kier molecular flexibility index (Phi) is 5.47. The Bertz CT molecular complexity index is 649. The first-order valence-corrected chi connectivity index (χ1v) is 7.28. The van der Waals surface area contributed by atoms with E-state index in [1.165, 1.54) is 0 Å². The summed E-state index contributed by atoms with van der Waals surface area (Å²) in [6.07, 6.45) is 0. The molecule has 0 aromatic heterocycles. The molecule has 0 spiro atoms. The Balaban J connectivity index is 1.94. The third kappa shape index (κ3) is 4.37. The van der Waals surface area contributed by atoms with E-state index >= 15 is 0 Å². The predicted octanol–water partition coefficient (Wildman–Crippen LogP) is 4.13. The molecule has 0 unspecified atom stereocenters. The Hall–Kier alpha value is -1.72. The molecule has 1 N–H and O–H groups in total. The van der Waals surface area contributed by atoms with Gasteiger partial charge in [0.2, 0.25) is 0 Å². The summed E-state index contributed by atoms with van der Waals surface area (Å²) >= 11 is 9.33. The second-order valence-corrected chi connectivity index (χ2v) is 5.37. The molecule has 0 saturated heterocycles. The summed E-state index contributed by atoms with van der Waals surface area (Å²) in [4.78, 5) is 11.8. The van der Waals surface area contributed by atoms with Crippen molar-refractivity contribution in [3.05, 3.63) is 52.0 Å². The van der Waals surface area contributed by atoms with Crippen LogP contribution in [-0.2, 0) is 4.79 Å². The fraction of sp³-hybridized carbons (Fsp3) is 0.133. The van der Waals surface area contributed by atoms with Crippen molar-refractivity contribution in [2.75, 3.05) is 19.0 Å². The number of carbonyl (C=O) groups is 1. The summed E-state index contributed by atoms with van der Waals surface area (Å²) in [6.45, 7) is -0.115. The lowest BCUT2D eigenvalue weighted by Crippen LogP contribution is -2.20. The lowest BCUT2D eigenvalue weighted by molar-refractivity contribution is -0.118. The smallest absolute Gasteiger partial charge is 0.262 e. The van der Waals surface area contributed by atoms with Crippen LogP contribution in [0.15, 0.2) is 46.9 Å². The first-order valence-electron chi connectivity index (χ1n) is 6.11. The molecular weight excluding hydrogens is 358 g/mol. The van der Waals surface area contributed by atoms with Crippen LogP contribution in [0.2, 0.25) is 5.02 Å². The molecule has 2 rings (SSSR count). The SMILES string of the molecule is COc1ccc(OCC(=O)Nc2ccccc2Cl)c(Br)c1. The minimum absolute atomic E-state index is 0.115. The molecule has 0 saturated carbocycles. The predicted molar refractivity (Wildman–Crippen MR) is 86.3 cm³/mol. The fourth-order valence-corrected chi connectivity index (χ4v) is 2.27. The van der Waals surface area contributed by atoms with Gasteiger partial charge in [-0.3, -0.25) is 4.79 Å². The number of nitrogens with one attached hydrogen (secondary N) is 1. The van der Waals surface area contributed by atoms with Crippen molar-refractivity contribution >= 4 is 39.1 Å². The van der Waals surface area contributed by atoms with E-state index in [1.54, 1.807) is 49.6 Å². The van der Waals surface area contributed by atoms with E-state index in [0.717, 1.165) is 0 Å². The molecule has 2 aromatic carbocycles. The second-order valence-electron chi connectivity index (χ2n) is 4.11. The van der Waals surface area contributed by atoms with Gasteiger partial charge >= 0.3 is 0 Å². The third-order valence-corrected chi connectivity index (χ3v) is 3.60. The van der Waals surface area contributed by atoms with Gasteiger partial charge in [-0.05, 0) is 46.3 Å². The van der Waals surface area contributed by atoms with E-state index in [2.05, 4.69) is 21.2 Å². The largest absolute Gasteiger partial charge is 0.497 e. The van der Waals surface area contributed by atoms with Crippen molar-refractivity contribution in [1.29, 1.82) is 0 Å². The van der Waals surface area contributed by atoms with Gasteiger partial charge in [0.25, 0.3) is 5.91 Å². The highest BCUT2D eigenvalue weighted by atomic mass is 79.9. The maximum Gasteiger partial charge on any atom is 0.262 e. The highest BCUT2D eigenvalue weighted by molar-refractivity contribution is 9.10. The van der Waals surface area contributed by atoms with Gasteiger partial charge in [-0.2, -0.15) is 0 Å². The Labute approximate surface area is 136 Å². The average molecular weight is 371 g/mol. The molecule has 0 atom stereocenters. The maximum atomic E-state index is 11.8. The van der Waals surface area contributed by atoms with Gasteiger partial charge in [0.05, 0.1) is 22.3 Å². The van der Waals surface area contributed by atoms with Crippen molar-refractivity contribution < 1.29 is 14.3 Å². The van der Waals surface area contributed by atoms with Crippen molar-refractivity contribution in [3.63, 3.8) is 0 Å². The Morgan fingerprint density at radius 3 is 2.71 bits per heavy atom. The van der Waals surface area contributed by atoms with Gasteiger partial charge in [-0.25, -0.2) is 0 Å². The molecule has 0 aliphatic rings. The van der Waals surface area contributed by atoms with Crippen LogP contribution in [0, 0.1) is 0 Å². The standard InChI is InChI=1S/C15H13BrClNO3/c1-20-10-6-7-14(11(16)8-10)21-9-15(19)18-13-5-3-2-4-12(13)17/h2-8H,9H2,1H3,(H,18,19). The number of amides is 1. The molecule has 4 nitrogen and oxygen atoms in total. The quantitative estimate of drug-likeness (QED) is 0.861. The molecule has 0 bridgehead atoms. The third-order valence-electron chi connectivity index (χ3n) is 2.65. The zero-order valence-corrected chi connectivity index (χ0v) is 13.6. The lowest BCUT2D eigenvalue weighted by atomic mass is 10.3. The summed E-state index contributed by atoms with van der Waals surface area (Å²) in [5, 5.41) is 3.17. The summed E-state index contributed by atoms with van der Waals surface area (Å²) in [5.74, 6) is 0.977. The Morgan fingerprint density at radius 1 is 1.29 bits per heavy atom. The van der Waals surface area contributed by atoms with E-state index < -0.39 is 0 Å². The van der Waals surface area contributed by atoms with E-state index in [4.69, 9.17) is 21.1 Å². The van der Waals surface area contributed by atoms with Crippen LogP contribution in [0.5, 0.6) is 11.5 Å². The van der Waals surface area contributed by atoms with Crippen LogP contribution in [-0.4, -0.2) is 19.6 Å². The average Bonchev–Trinajstić information content (AvgIpc) is 2.48. The molecule has 6 heteroatoms. The molecule has 21 heavy (non-hydrogen) atoms. The first-order chi connectivity index (χ1) is 10.1. The molecule has 110 valence electrons. The number of rotatable bonds is 5. The van der Waals surface area contributed by atoms with Gasteiger partial charge in [0.1, 0.15) is 11.5 Å². The van der Waals surface area contributed by atoms with E-state index in [-0.39, 0.29) is 12.5 Å². The zero-order valence-electron chi connectivity index (χ0n) is 11.2. The molecule has 0 aliphatic heterocycles. The number of benzene rings is 2. The Morgan fingerprint density at radius 2 is 2.05 bits per heavy atom. The number of para-hydroxylation sites is 1. The normalized spacial score (nSPS) is 10.0. The lowest BCUT2D eigenvalue weighted by Gasteiger charge is -2.10. The highest BCUT2D eigenvalue weighted by Crippen LogP contribution is 2.29. The number of carbonyl (C=O) groups excluding carboxylic acids is 1. The van der Waals surface area contributed by atoms with Crippen LogP contribution < -0.4 is 14.8 Å². The molecule has 1 amide bonds. The molecule has 0 aliphatic carbocycles. The summed E-state index contributed by atoms with van der Waals surface area (Å²) in [5.41, 5.74) is 0.557. The fourth-order valence-electron chi connectivity index (χ4n) is 1.62. The van der Waals surface area contributed by atoms with E-state index in [0.29, 0.717) is 26.7 Å². The number of anilines is 1. The molecular formula is C15H13BrClNO3. The van der Waals surface area contributed by atoms with E-state index in [9.17, 15) is 4.79 Å². The number of hydrogen-bond acceptors (Lipinski definition) is 3. The monoisotopic (exact) mass is 369 g/mol. The van der Waals surface area contributed by atoms with Gasteiger partial charge in [0, 0.05) is 0 Å². The van der Waals surface area contributed by atoms with Crippen molar-refractivity contribution in [2.45, 2.75) is 0 Å². The highest BCUT2D eigenvalue weighted by Gasteiger charge is 2.08. The van der Waals surface area contributed by atoms with Crippen LogP contribution in [0.1, 0.15) is 0 Å². The van der Waals surface area contributed by atoms with E-state index in [1.807, 2.05) is 0 Å². The summed E-state index contributed by atoms with van der Waals surface area (Å²) in [7, 11) is 1.58. The van der Waals surface area contributed by atoms with Gasteiger partial charge in [0.15, 0.2) is 6.61 Å². The number of hydrogen-bond donors (Lipinski definition) is 1. The minimum Gasteiger partial charge on any atom is -0.497 e. The van der Waals surface area contributed by atoms with Crippen molar-refractivity contribution in [3.8, 4) is 11.5 Å². The van der Waals surface area contributed by atoms with Crippen LogP contribution >= 0.6 is 27.5 Å².